The number of nitrogens with two attached hydrogens (primary N) is 1. The smallest absolute Gasteiger partial charge is 0.295 e. The van der Waals surface area contributed by atoms with Gasteiger partial charge in [-0.2, -0.15) is 4.98 Å². The third kappa shape index (κ3) is 2.73. The normalized spacial score (nSPS) is 13.1. The molecule has 0 fully saturated rings. The fourth-order valence-electron chi connectivity index (χ4n) is 1.75. The maximum Gasteiger partial charge on any atom is 0.295 e. The number of aromatic nitrogens is 1. The SMILES string of the molecule is COCC(Nc1nc2cc(N)ccc2o1)C(C)C. The van der Waals surface area contributed by atoms with E-state index in [9.17, 15) is 0 Å². The van der Waals surface area contributed by atoms with Gasteiger partial charge < -0.3 is 20.2 Å². The van der Waals surface area contributed by atoms with Gasteiger partial charge in [-0.15, -0.1) is 0 Å². The molecule has 2 aromatic rings. The first-order chi connectivity index (χ1) is 8.60. The quantitative estimate of drug-likeness (QED) is 0.796. The van der Waals surface area contributed by atoms with Crippen LogP contribution in [0.2, 0.25) is 0 Å². The average molecular weight is 249 g/mol. The minimum Gasteiger partial charge on any atom is -0.424 e. The summed E-state index contributed by atoms with van der Waals surface area (Å²) in [6.07, 6.45) is 0. The van der Waals surface area contributed by atoms with Crippen molar-refractivity contribution < 1.29 is 9.15 Å². The number of hydrogen-bond acceptors (Lipinski definition) is 5. The van der Waals surface area contributed by atoms with E-state index in [-0.39, 0.29) is 6.04 Å². The first kappa shape index (κ1) is 12.7. The molecule has 3 N–H and O–H groups in total. The molecule has 1 atom stereocenters. The summed E-state index contributed by atoms with van der Waals surface area (Å²) in [7, 11) is 1.68. The van der Waals surface area contributed by atoms with E-state index in [1.54, 1.807) is 19.2 Å². The average Bonchev–Trinajstić information content (AvgIpc) is 2.69. The molecule has 0 saturated heterocycles. The summed E-state index contributed by atoms with van der Waals surface area (Å²) in [6, 6.07) is 6.09. The highest BCUT2D eigenvalue weighted by Gasteiger charge is 2.16. The molecule has 0 aliphatic rings. The highest BCUT2D eigenvalue weighted by molar-refractivity contribution is 5.78. The van der Waals surface area contributed by atoms with Gasteiger partial charge in [-0.05, 0) is 24.1 Å². The monoisotopic (exact) mass is 249 g/mol. The van der Waals surface area contributed by atoms with Gasteiger partial charge in [0.05, 0.1) is 12.6 Å². The number of rotatable bonds is 5. The van der Waals surface area contributed by atoms with Gasteiger partial charge in [-0.3, -0.25) is 0 Å². The summed E-state index contributed by atoms with van der Waals surface area (Å²) in [5.41, 5.74) is 7.88. The predicted octanol–water partition coefficient (Wildman–Crippen LogP) is 2.49. The minimum absolute atomic E-state index is 0.167. The number of methoxy groups -OCH3 is 1. The van der Waals surface area contributed by atoms with Crippen LogP contribution >= 0.6 is 0 Å². The Balaban J connectivity index is 2.20. The van der Waals surface area contributed by atoms with Crippen LogP contribution in [-0.4, -0.2) is 24.7 Å². The lowest BCUT2D eigenvalue weighted by Crippen LogP contribution is -2.30. The summed E-state index contributed by atoms with van der Waals surface area (Å²) in [6.45, 7) is 4.85. The van der Waals surface area contributed by atoms with Crippen molar-refractivity contribution in [1.29, 1.82) is 0 Å². The first-order valence-electron chi connectivity index (χ1n) is 6.01. The molecule has 98 valence electrons. The van der Waals surface area contributed by atoms with Crippen LogP contribution in [0.3, 0.4) is 0 Å². The Bertz CT molecular complexity index is 522. The second-order valence-corrected chi connectivity index (χ2v) is 4.70. The van der Waals surface area contributed by atoms with Gasteiger partial charge in [0.1, 0.15) is 5.52 Å². The lowest BCUT2D eigenvalue weighted by Gasteiger charge is -2.20. The Kier molecular flexibility index (Phi) is 3.72. The van der Waals surface area contributed by atoms with E-state index in [0.717, 1.165) is 11.1 Å². The summed E-state index contributed by atoms with van der Waals surface area (Å²) in [4.78, 5) is 4.36. The number of nitrogens with zero attached hydrogens (tertiary/aromatic N) is 1. The maximum absolute atomic E-state index is 5.71. The highest BCUT2D eigenvalue weighted by Crippen LogP contribution is 2.22. The molecule has 1 unspecified atom stereocenters. The van der Waals surface area contributed by atoms with E-state index >= 15 is 0 Å². The summed E-state index contributed by atoms with van der Waals surface area (Å²) in [5.74, 6) is 0.421. The van der Waals surface area contributed by atoms with Crippen molar-refractivity contribution in [3.63, 3.8) is 0 Å². The van der Waals surface area contributed by atoms with Gasteiger partial charge in [0.25, 0.3) is 6.01 Å². The van der Waals surface area contributed by atoms with E-state index in [0.29, 0.717) is 24.2 Å². The van der Waals surface area contributed by atoms with Crippen molar-refractivity contribution in [2.75, 3.05) is 24.8 Å². The minimum atomic E-state index is 0.167. The Morgan fingerprint density at radius 1 is 1.44 bits per heavy atom. The number of fused-ring (bicyclic) bond motifs is 1. The van der Waals surface area contributed by atoms with E-state index in [2.05, 4.69) is 24.1 Å². The van der Waals surface area contributed by atoms with Crippen molar-refractivity contribution in [3.8, 4) is 0 Å². The van der Waals surface area contributed by atoms with Crippen LogP contribution in [0.1, 0.15) is 13.8 Å². The number of benzene rings is 1. The van der Waals surface area contributed by atoms with E-state index in [1.807, 2.05) is 6.07 Å². The molecule has 0 saturated carbocycles. The largest absolute Gasteiger partial charge is 0.424 e. The number of nitrogens with one attached hydrogen (secondary N) is 1. The summed E-state index contributed by atoms with van der Waals surface area (Å²) >= 11 is 0. The van der Waals surface area contributed by atoms with Crippen molar-refractivity contribution in [3.05, 3.63) is 18.2 Å². The maximum atomic E-state index is 5.71. The Labute approximate surface area is 106 Å². The summed E-state index contributed by atoms with van der Waals surface area (Å²) < 4.78 is 10.8. The van der Waals surface area contributed by atoms with Gasteiger partial charge in [-0.1, -0.05) is 13.8 Å². The molecule has 0 bridgehead atoms. The standard InChI is InChI=1S/C13H19N3O2/c1-8(2)11(7-17-3)16-13-15-10-6-9(14)4-5-12(10)18-13/h4-6,8,11H,7,14H2,1-3H3,(H,15,16). The van der Waals surface area contributed by atoms with Crippen molar-refractivity contribution >= 4 is 22.8 Å². The molecule has 5 nitrogen and oxygen atoms in total. The molecule has 0 aliphatic carbocycles. The Morgan fingerprint density at radius 2 is 2.22 bits per heavy atom. The molecular weight excluding hydrogens is 230 g/mol. The topological polar surface area (TPSA) is 73.3 Å². The van der Waals surface area contributed by atoms with Crippen LogP contribution in [0.25, 0.3) is 11.1 Å². The van der Waals surface area contributed by atoms with Crippen LogP contribution in [-0.2, 0) is 4.74 Å². The molecule has 0 amide bonds. The number of nitrogen functional groups attached to an aromatic ring is 1. The molecule has 0 spiro atoms. The highest BCUT2D eigenvalue weighted by atomic mass is 16.5. The van der Waals surface area contributed by atoms with Crippen molar-refractivity contribution in [2.24, 2.45) is 5.92 Å². The van der Waals surface area contributed by atoms with Crippen LogP contribution < -0.4 is 11.1 Å². The predicted molar refractivity (Wildman–Crippen MR) is 72.5 cm³/mol. The van der Waals surface area contributed by atoms with Gasteiger partial charge >= 0.3 is 0 Å². The lowest BCUT2D eigenvalue weighted by atomic mass is 10.1. The van der Waals surface area contributed by atoms with Crippen LogP contribution in [0, 0.1) is 5.92 Å². The van der Waals surface area contributed by atoms with Crippen LogP contribution in [0.5, 0.6) is 0 Å². The third-order valence-corrected chi connectivity index (χ3v) is 2.87. The zero-order chi connectivity index (χ0) is 13.1. The van der Waals surface area contributed by atoms with Gasteiger partial charge in [-0.25, -0.2) is 0 Å². The number of ether oxygens (including phenoxy) is 1. The Hall–Kier alpha value is -1.75. The molecule has 1 heterocycles. The number of oxazole rings is 1. The number of anilines is 2. The molecule has 5 heteroatoms. The molecule has 1 aromatic heterocycles. The first-order valence-corrected chi connectivity index (χ1v) is 6.01. The molecule has 0 aliphatic heterocycles. The molecule has 18 heavy (non-hydrogen) atoms. The third-order valence-electron chi connectivity index (χ3n) is 2.87. The second kappa shape index (κ2) is 5.27. The van der Waals surface area contributed by atoms with Gasteiger partial charge in [0.2, 0.25) is 0 Å². The van der Waals surface area contributed by atoms with Crippen LogP contribution in [0.15, 0.2) is 22.6 Å². The van der Waals surface area contributed by atoms with E-state index in [4.69, 9.17) is 14.9 Å². The molecule has 2 rings (SSSR count). The van der Waals surface area contributed by atoms with Crippen LogP contribution in [0.4, 0.5) is 11.7 Å². The fourth-order valence-corrected chi connectivity index (χ4v) is 1.75. The molecule has 0 radical (unpaired) electrons. The molecule has 1 aromatic carbocycles. The molecular formula is C13H19N3O2. The lowest BCUT2D eigenvalue weighted by molar-refractivity contribution is 0.170. The zero-order valence-electron chi connectivity index (χ0n) is 10.9. The van der Waals surface area contributed by atoms with E-state index < -0.39 is 0 Å². The van der Waals surface area contributed by atoms with Crippen molar-refractivity contribution in [2.45, 2.75) is 19.9 Å². The van der Waals surface area contributed by atoms with Crippen molar-refractivity contribution in [1.82, 2.24) is 4.98 Å². The second-order valence-electron chi connectivity index (χ2n) is 4.70. The zero-order valence-corrected chi connectivity index (χ0v) is 10.9. The summed E-state index contributed by atoms with van der Waals surface area (Å²) in [5, 5.41) is 3.24. The Morgan fingerprint density at radius 3 is 2.89 bits per heavy atom. The fraction of sp³-hybridized carbons (Fsp3) is 0.462. The number of hydrogen-bond donors (Lipinski definition) is 2. The van der Waals surface area contributed by atoms with Gasteiger partial charge in [0.15, 0.2) is 5.58 Å². The van der Waals surface area contributed by atoms with Gasteiger partial charge in [0, 0.05) is 12.8 Å². The van der Waals surface area contributed by atoms with E-state index in [1.165, 1.54) is 0 Å².